The van der Waals surface area contributed by atoms with E-state index in [1.807, 2.05) is 20.8 Å². The molecular weight excluding hydrogens is 556 g/mol. The molecular formula is C27H33Cl3FN3O4. The Morgan fingerprint density at radius 1 is 1.24 bits per heavy atom. The van der Waals surface area contributed by atoms with E-state index in [0.29, 0.717) is 22.7 Å². The van der Waals surface area contributed by atoms with Crippen LogP contribution in [0.5, 0.6) is 0 Å². The van der Waals surface area contributed by atoms with Gasteiger partial charge in [-0.2, -0.15) is 0 Å². The molecule has 0 radical (unpaired) electrons. The maximum atomic E-state index is 15.7. The van der Waals surface area contributed by atoms with Gasteiger partial charge in [0, 0.05) is 29.2 Å². The number of nitrogens with one attached hydrogen (secondary N) is 3. The minimum Gasteiger partial charge on any atom is -0.394 e. The predicted molar refractivity (Wildman–Crippen MR) is 149 cm³/mol. The van der Waals surface area contributed by atoms with Crippen LogP contribution in [0.1, 0.15) is 50.7 Å². The Morgan fingerprint density at radius 3 is 2.61 bits per heavy atom. The van der Waals surface area contributed by atoms with Crippen LogP contribution in [0.3, 0.4) is 0 Å². The Hall–Kier alpha value is -1.94. The zero-order valence-corrected chi connectivity index (χ0v) is 23.7. The van der Waals surface area contributed by atoms with Gasteiger partial charge in [0.2, 0.25) is 11.8 Å². The molecule has 7 nitrogen and oxygen atoms in total. The first kappa shape index (κ1) is 30.6. The van der Waals surface area contributed by atoms with E-state index in [4.69, 9.17) is 28.3 Å². The first-order valence-electron chi connectivity index (χ1n) is 12.3. The highest BCUT2D eigenvalue weighted by Gasteiger charge is 2.66. The molecule has 11 heteroatoms. The molecule has 2 aromatic carbocycles. The van der Waals surface area contributed by atoms with Crippen molar-refractivity contribution in [2.45, 2.75) is 63.1 Å². The predicted octanol–water partition coefficient (Wildman–Crippen LogP) is 4.16. The minimum absolute atomic E-state index is 0. The number of amides is 2. The Labute approximate surface area is 237 Å². The van der Waals surface area contributed by atoms with Gasteiger partial charge in [-0.25, -0.2) is 4.39 Å². The largest absolute Gasteiger partial charge is 0.394 e. The second-order valence-electron chi connectivity index (χ2n) is 11.0. The van der Waals surface area contributed by atoms with Crippen LogP contribution in [0.15, 0.2) is 36.4 Å². The van der Waals surface area contributed by atoms with Gasteiger partial charge in [0.25, 0.3) is 0 Å². The number of fused-ring (bicyclic) bond motifs is 2. The van der Waals surface area contributed by atoms with Crippen molar-refractivity contribution < 1.29 is 24.2 Å². The lowest BCUT2D eigenvalue weighted by molar-refractivity contribution is -0.124. The quantitative estimate of drug-likeness (QED) is 0.334. The molecule has 2 aliphatic heterocycles. The van der Waals surface area contributed by atoms with E-state index in [1.54, 1.807) is 30.3 Å². The van der Waals surface area contributed by atoms with Crippen molar-refractivity contribution in [1.29, 1.82) is 0 Å². The maximum Gasteiger partial charge on any atom is 0.237 e. The molecule has 0 saturated carbocycles. The number of hydrogen-bond acceptors (Lipinski definition) is 5. The van der Waals surface area contributed by atoms with Crippen LogP contribution >= 0.6 is 35.6 Å². The number of carbonyl (C=O) groups excluding carboxylic acids is 2. The molecule has 4 rings (SSSR count). The molecule has 208 valence electrons. The van der Waals surface area contributed by atoms with E-state index >= 15 is 4.39 Å². The summed E-state index contributed by atoms with van der Waals surface area (Å²) in [7, 11) is 0. The summed E-state index contributed by atoms with van der Waals surface area (Å²) in [4.78, 5) is 27.6. The van der Waals surface area contributed by atoms with Gasteiger partial charge in [-0.3, -0.25) is 9.59 Å². The number of benzene rings is 2. The molecule has 2 aromatic rings. The molecule has 0 aromatic heterocycles. The van der Waals surface area contributed by atoms with Gasteiger partial charge in [0.15, 0.2) is 0 Å². The van der Waals surface area contributed by atoms with Gasteiger partial charge in [0.05, 0.1) is 23.8 Å². The lowest BCUT2D eigenvalue weighted by atomic mass is 9.62. The Morgan fingerprint density at radius 2 is 1.95 bits per heavy atom. The first-order valence-corrected chi connectivity index (χ1v) is 13.0. The summed E-state index contributed by atoms with van der Waals surface area (Å²) in [5.74, 6) is -2.42. The average molecular weight is 589 g/mol. The first-order chi connectivity index (χ1) is 17.4. The molecule has 1 saturated heterocycles. The third kappa shape index (κ3) is 5.53. The van der Waals surface area contributed by atoms with Crippen LogP contribution in [0.25, 0.3) is 0 Å². The zero-order chi connectivity index (χ0) is 27.1. The third-order valence-corrected chi connectivity index (χ3v) is 7.74. The molecule has 5 atom stereocenters. The monoisotopic (exact) mass is 587 g/mol. The van der Waals surface area contributed by atoms with E-state index in [-0.39, 0.29) is 47.3 Å². The lowest BCUT2D eigenvalue weighted by Crippen LogP contribution is -2.49. The van der Waals surface area contributed by atoms with Gasteiger partial charge >= 0.3 is 0 Å². The van der Waals surface area contributed by atoms with Gasteiger partial charge in [-0.05, 0) is 47.6 Å². The van der Waals surface area contributed by atoms with Crippen LogP contribution in [0.2, 0.25) is 10.0 Å². The Kier molecular flexibility index (Phi) is 9.39. The van der Waals surface area contributed by atoms with Crippen molar-refractivity contribution >= 4 is 53.1 Å². The summed E-state index contributed by atoms with van der Waals surface area (Å²) in [5.41, 5.74) is -0.249. The standard InChI is InChI=1S/C27H32Cl2FN3O4.ClH/c1-26(2,3)12-20-27(17-8-7-14(28)11-19(17)32-25(27)37)21(16-5-4-6-18(29)22(16)30)23(33-20)24(36)31-10-9-15(35)13-34;/h4-8,11,15,20-21,23,33-35H,9-10,12-13H2,1-3H3,(H,31,36)(H,32,37);1H/t15-,20+,21-,23+,27-;/m0./s1. The van der Waals surface area contributed by atoms with Gasteiger partial charge in [0.1, 0.15) is 11.2 Å². The van der Waals surface area contributed by atoms with E-state index in [0.717, 1.165) is 0 Å². The number of aliphatic hydroxyl groups excluding tert-OH is 2. The normalized spacial score (nSPS) is 25.1. The third-order valence-electron chi connectivity index (χ3n) is 7.21. The number of rotatable bonds is 7. The molecule has 2 aliphatic rings. The second-order valence-corrected chi connectivity index (χ2v) is 11.9. The second kappa shape index (κ2) is 11.7. The van der Waals surface area contributed by atoms with Crippen LogP contribution in [-0.2, 0) is 15.0 Å². The summed E-state index contributed by atoms with van der Waals surface area (Å²) in [6.45, 7) is 5.78. The van der Waals surface area contributed by atoms with Crippen LogP contribution in [0.4, 0.5) is 10.1 Å². The fourth-order valence-corrected chi connectivity index (χ4v) is 6.07. The summed E-state index contributed by atoms with van der Waals surface area (Å²) >= 11 is 12.4. The summed E-state index contributed by atoms with van der Waals surface area (Å²) < 4.78 is 15.7. The van der Waals surface area contributed by atoms with Crippen molar-refractivity contribution in [3.8, 4) is 0 Å². The molecule has 0 aliphatic carbocycles. The van der Waals surface area contributed by atoms with Gasteiger partial charge < -0.3 is 26.2 Å². The molecule has 2 heterocycles. The summed E-state index contributed by atoms with van der Waals surface area (Å²) in [6.07, 6.45) is -0.326. The summed E-state index contributed by atoms with van der Waals surface area (Å²) in [5, 5.41) is 28.2. The van der Waals surface area contributed by atoms with Gasteiger partial charge in [-0.1, -0.05) is 62.2 Å². The van der Waals surface area contributed by atoms with Crippen molar-refractivity contribution in [2.24, 2.45) is 5.41 Å². The van der Waals surface area contributed by atoms with Crippen molar-refractivity contribution in [3.63, 3.8) is 0 Å². The van der Waals surface area contributed by atoms with E-state index < -0.39 is 47.9 Å². The van der Waals surface area contributed by atoms with Crippen LogP contribution in [-0.4, -0.2) is 53.4 Å². The fraction of sp³-hybridized carbons (Fsp3) is 0.481. The Balaban J connectivity index is 0.00000400. The minimum atomic E-state index is -1.33. The highest BCUT2D eigenvalue weighted by Crippen LogP contribution is 2.57. The molecule has 5 N–H and O–H groups in total. The number of hydrogen-bond donors (Lipinski definition) is 5. The van der Waals surface area contributed by atoms with E-state index in [1.165, 1.54) is 6.07 Å². The molecule has 1 fully saturated rings. The average Bonchev–Trinajstić information content (AvgIpc) is 3.29. The van der Waals surface area contributed by atoms with Gasteiger partial charge in [-0.15, -0.1) is 12.4 Å². The van der Waals surface area contributed by atoms with Crippen LogP contribution < -0.4 is 16.0 Å². The Bertz CT molecular complexity index is 1210. The fourth-order valence-electron chi connectivity index (χ4n) is 5.72. The zero-order valence-electron chi connectivity index (χ0n) is 21.4. The topological polar surface area (TPSA) is 111 Å². The highest BCUT2D eigenvalue weighted by atomic mass is 35.5. The SMILES string of the molecule is CC(C)(C)C[C@H]1N[C@@H](C(=O)NCC[C@H](O)CO)[C@H](c2cccc(Cl)c2F)[C@@]12C(=O)Nc1cc(Cl)ccc12.Cl. The molecule has 0 bridgehead atoms. The summed E-state index contributed by atoms with van der Waals surface area (Å²) in [6, 6.07) is 8.18. The van der Waals surface area contributed by atoms with Crippen molar-refractivity contribution in [2.75, 3.05) is 18.5 Å². The molecule has 0 unspecified atom stereocenters. The van der Waals surface area contributed by atoms with Crippen molar-refractivity contribution in [3.05, 3.63) is 63.4 Å². The molecule has 38 heavy (non-hydrogen) atoms. The van der Waals surface area contributed by atoms with E-state index in [2.05, 4.69) is 16.0 Å². The highest BCUT2D eigenvalue weighted by molar-refractivity contribution is 6.31. The smallest absolute Gasteiger partial charge is 0.237 e. The lowest BCUT2D eigenvalue weighted by Gasteiger charge is -2.37. The molecule has 2 amide bonds. The van der Waals surface area contributed by atoms with Crippen LogP contribution in [0, 0.1) is 11.2 Å². The maximum absolute atomic E-state index is 15.7. The number of anilines is 1. The van der Waals surface area contributed by atoms with E-state index in [9.17, 15) is 14.7 Å². The van der Waals surface area contributed by atoms with Crippen molar-refractivity contribution in [1.82, 2.24) is 10.6 Å². The number of halogens is 4. The number of aliphatic hydroxyl groups is 2. The number of carbonyl (C=O) groups is 2. The molecule has 1 spiro atoms.